The van der Waals surface area contributed by atoms with Crippen LogP contribution in [0.4, 0.5) is 0 Å². The molecule has 0 saturated heterocycles. The van der Waals surface area contributed by atoms with Crippen molar-refractivity contribution < 1.29 is 4.74 Å². The van der Waals surface area contributed by atoms with Crippen LogP contribution in [-0.2, 0) is 6.42 Å². The van der Waals surface area contributed by atoms with Crippen LogP contribution < -0.4 is 10.5 Å². The van der Waals surface area contributed by atoms with Gasteiger partial charge in [0.05, 0.1) is 11.6 Å². The van der Waals surface area contributed by atoms with Gasteiger partial charge in [-0.2, -0.15) is 0 Å². The molecule has 2 N–H and O–H groups in total. The number of unbranched alkanes of at least 4 members (excludes halogenated alkanes) is 1. The Balaban J connectivity index is 2.85. The first-order valence-corrected chi connectivity index (χ1v) is 6.25. The molecule has 0 spiro atoms. The lowest BCUT2D eigenvalue weighted by molar-refractivity contribution is 0.336. The van der Waals surface area contributed by atoms with Crippen LogP contribution in [0.3, 0.4) is 0 Å². The lowest BCUT2D eigenvalue weighted by Gasteiger charge is -2.12. The van der Waals surface area contributed by atoms with Crippen LogP contribution in [0, 0.1) is 0 Å². The van der Waals surface area contributed by atoms with Crippen LogP contribution in [0.2, 0.25) is 10.0 Å². The van der Waals surface area contributed by atoms with Crippen LogP contribution >= 0.6 is 23.2 Å². The molecule has 0 aliphatic carbocycles. The van der Waals surface area contributed by atoms with Gasteiger partial charge in [-0.25, -0.2) is 0 Å². The summed E-state index contributed by atoms with van der Waals surface area (Å²) < 4.78 is 5.53. The zero-order valence-corrected chi connectivity index (χ0v) is 10.9. The second kappa shape index (κ2) is 7.00. The summed E-state index contributed by atoms with van der Waals surface area (Å²) in [6.07, 6.45) is 2.91. The zero-order chi connectivity index (χ0) is 12.0. The van der Waals surface area contributed by atoms with Gasteiger partial charge in [0.25, 0.3) is 0 Å². The summed E-state index contributed by atoms with van der Waals surface area (Å²) in [4.78, 5) is 0. The summed E-state index contributed by atoms with van der Waals surface area (Å²) in [5, 5.41) is 1.23. The van der Waals surface area contributed by atoms with E-state index in [0.29, 0.717) is 23.2 Å². The van der Waals surface area contributed by atoms with Gasteiger partial charge in [-0.3, -0.25) is 0 Å². The molecule has 0 atom stereocenters. The largest absolute Gasteiger partial charge is 0.492 e. The minimum absolute atomic E-state index is 0.581. The summed E-state index contributed by atoms with van der Waals surface area (Å²) in [5.74, 6) is 0.755. The third kappa shape index (κ3) is 3.85. The van der Waals surface area contributed by atoms with E-state index in [1.165, 1.54) is 0 Å². The standard InChI is InChI=1S/C12H17Cl2NO/c1-2-16-12-9(5-3-4-6-15)7-10(13)8-11(12)14/h7-8H,2-6,15H2,1H3. The highest BCUT2D eigenvalue weighted by atomic mass is 35.5. The molecule has 0 aliphatic rings. The van der Waals surface area contributed by atoms with E-state index in [9.17, 15) is 0 Å². The molecule has 0 bridgehead atoms. The maximum Gasteiger partial charge on any atom is 0.141 e. The van der Waals surface area contributed by atoms with E-state index < -0.39 is 0 Å². The molecule has 1 aromatic carbocycles. The quantitative estimate of drug-likeness (QED) is 0.794. The lowest BCUT2D eigenvalue weighted by atomic mass is 10.1. The van der Waals surface area contributed by atoms with Crippen molar-refractivity contribution in [2.24, 2.45) is 5.73 Å². The molecular weight excluding hydrogens is 245 g/mol. The average molecular weight is 262 g/mol. The molecule has 0 heterocycles. The van der Waals surface area contributed by atoms with E-state index in [0.717, 1.165) is 30.6 Å². The lowest BCUT2D eigenvalue weighted by Crippen LogP contribution is -2.01. The maximum absolute atomic E-state index is 6.09. The molecule has 0 aliphatic heterocycles. The monoisotopic (exact) mass is 261 g/mol. The molecule has 90 valence electrons. The molecule has 2 nitrogen and oxygen atoms in total. The minimum Gasteiger partial charge on any atom is -0.492 e. The molecule has 1 aromatic rings. The van der Waals surface area contributed by atoms with Gasteiger partial charge in [0.2, 0.25) is 0 Å². The van der Waals surface area contributed by atoms with Crippen LogP contribution in [-0.4, -0.2) is 13.2 Å². The van der Waals surface area contributed by atoms with Crippen LogP contribution in [0.25, 0.3) is 0 Å². The third-order valence-electron chi connectivity index (χ3n) is 2.27. The fourth-order valence-corrected chi connectivity index (χ4v) is 2.16. The highest BCUT2D eigenvalue weighted by Crippen LogP contribution is 2.33. The Morgan fingerprint density at radius 1 is 1.25 bits per heavy atom. The number of hydrogen-bond donors (Lipinski definition) is 1. The van der Waals surface area contributed by atoms with Crippen LogP contribution in [0.15, 0.2) is 12.1 Å². The molecule has 1 rings (SSSR count). The molecule has 0 aromatic heterocycles. The molecule has 0 amide bonds. The van der Waals surface area contributed by atoms with E-state index in [1.807, 2.05) is 13.0 Å². The van der Waals surface area contributed by atoms with E-state index >= 15 is 0 Å². The molecule has 16 heavy (non-hydrogen) atoms. The van der Waals surface area contributed by atoms with Crippen LogP contribution in [0.5, 0.6) is 5.75 Å². The summed E-state index contributed by atoms with van der Waals surface area (Å²) in [6.45, 7) is 3.25. The minimum atomic E-state index is 0.581. The summed E-state index contributed by atoms with van der Waals surface area (Å²) in [7, 11) is 0. The Morgan fingerprint density at radius 2 is 2.00 bits per heavy atom. The second-order valence-electron chi connectivity index (χ2n) is 3.55. The first-order chi connectivity index (χ1) is 7.69. The number of aryl methyl sites for hydroxylation is 1. The van der Waals surface area contributed by atoms with Gasteiger partial charge in [0, 0.05) is 5.02 Å². The van der Waals surface area contributed by atoms with E-state index in [4.69, 9.17) is 33.7 Å². The van der Waals surface area contributed by atoms with Crippen molar-refractivity contribution in [2.45, 2.75) is 26.2 Å². The van der Waals surface area contributed by atoms with Gasteiger partial charge in [0.15, 0.2) is 0 Å². The van der Waals surface area contributed by atoms with Gasteiger partial charge < -0.3 is 10.5 Å². The zero-order valence-electron chi connectivity index (χ0n) is 9.43. The number of ether oxygens (including phenoxy) is 1. The summed E-state index contributed by atoms with van der Waals surface area (Å²) in [5.41, 5.74) is 6.53. The topological polar surface area (TPSA) is 35.2 Å². The Hall–Kier alpha value is -0.440. The third-order valence-corrected chi connectivity index (χ3v) is 2.77. The maximum atomic E-state index is 6.09. The number of halogens is 2. The molecule has 0 unspecified atom stereocenters. The molecule has 0 saturated carbocycles. The highest BCUT2D eigenvalue weighted by Gasteiger charge is 2.09. The van der Waals surface area contributed by atoms with Crippen molar-refractivity contribution in [3.05, 3.63) is 27.7 Å². The van der Waals surface area contributed by atoms with Crippen molar-refractivity contribution >= 4 is 23.2 Å². The number of nitrogens with two attached hydrogens (primary N) is 1. The van der Waals surface area contributed by atoms with Crippen LogP contribution in [0.1, 0.15) is 25.3 Å². The predicted octanol–water partition coefficient (Wildman–Crippen LogP) is 3.67. The molecule has 0 fully saturated rings. The van der Waals surface area contributed by atoms with Crippen molar-refractivity contribution in [1.82, 2.24) is 0 Å². The van der Waals surface area contributed by atoms with Gasteiger partial charge in [-0.1, -0.05) is 23.2 Å². The molecule has 4 heteroatoms. The fourth-order valence-electron chi connectivity index (χ4n) is 1.57. The van der Waals surface area contributed by atoms with E-state index in [2.05, 4.69) is 0 Å². The first kappa shape index (κ1) is 13.6. The molecular formula is C12H17Cl2NO. The molecule has 0 radical (unpaired) electrons. The highest BCUT2D eigenvalue weighted by molar-refractivity contribution is 6.35. The number of rotatable bonds is 6. The Kier molecular flexibility index (Phi) is 5.96. The Labute approximate surface area is 107 Å². The van der Waals surface area contributed by atoms with Gasteiger partial charge in [-0.15, -0.1) is 0 Å². The average Bonchev–Trinajstić information content (AvgIpc) is 2.23. The number of benzene rings is 1. The van der Waals surface area contributed by atoms with E-state index in [-0.39, 0.29) is 0 Å². The predicted molar refractivity (Wildman–Crippen MR) is 69.6 cm³/mol. The van der Waals surface area contributed by atoms with E-state index in [1.54, 1.807) is 6.07 Å². The van der Waals surface area contributed by atoms with Gasteiger partial charge >= 0.3 is 0 Å². The summed E-state index contributed by atoms with van der Waals surface area (Å²) in [6, 6.07) is 3.62. The first-order valence-electron chi connectivity index (χ1n) is 5.49. The van der Waals surface area contributed by atoms with Crippen molar-refractivity contribution in [1.29, 1.82) is 0 Å². The normalized spacial score (nSPS) is 10.5. The number of hydrogen-bond acceptors (Lipinski definition) is 2. The smallest absolute Gasteiger partial charge is 0.141 e. The Morgan fingerprint density at radius 3 is 2.62 bits per heavy atom. The fraction of sp³-hybridized carbons (Fsp3) is 0.500. The van der Waals surface area contributed by atoms with Crippen molar-refractivity contribution in [2.75, 3.05) is 13.2 Å². The Bertz CT molecular complexity index is 342. The van der Waals surface area contributed by atoms with Crippen molar-refractivity contribution in [3.63, 3.8) is 0 Å². The second-order valence-corrected chi connectivity index (χ2v) is 4.40. The SMILES string of the molecule is CCOc1c(Cl)cc(Cl)cc1CCCCN. The van der Waals surface area contributed by atoms with Gasteiger partial charge in [-0.05, 0) is 50.4 Å². The summed E-state index contributed by atoms with van der Waals surface area (Å²) >= 11 is 12.1. The van der Waals surface area contributed by atoms with Gasteiger partial charge in [0.1, 0.15) is 5.75 Å². The van der Waals surface area contributed by atoms with Crippen molar-refractivity contribution in [3.8, 4) is 5.75 Å².